The first-order valence-electron chi connectivity index (χ1n) is 28.6. The SMILES string of the molecule is [C-]#[N+]c1c(-n2c3ccccc3c3ccccc32)c(C#N)c(-n2c3ccccc3c3ccccc32)c(-n2c3cccc(-c4ccccc4-c4cccc5ccccc45)c3c3ccc4c5ccccc5sc4c32)c1-n1c2ccccc2c2ccccc21. The molecule has 0 aliphatic carbocycles. The van der Waals surface area contributed by atoms with Gasteiger partial charge in [0.2, 0.25) is 5.69 Å². The third kappa shape index (κ3) is 6.45. The van der Waals surface area contributed by atoms with E-state index < -0.39 is 0 Å². The van der Waals surface area contributed by atoms with Crippen LogP contribution in [0.3, 0.4) is 0 Å². The molecule has 0 radical (unpaired) electrons. The van der Waals surface area contributed by atoms with Crippen LogP contribution in [0.25, 0.3) is 168 Å². The zero-order valence-corrected chi connectivity index (χ0v) is 46.3. The average molecular weight is 1100 g/mol. The number of thiophene rings is 1. The van der Waals surface area contributed by atoms with Gasteiger partial charge in [0.25, 0.3) is 0 Å². The Hall–Kier alpha value is -11.5. The molecule has 5 heterocycles. The Kier molecular flexibility index (Phi) is 10.00. The second-order valence-electron chi connectivity index (χ2n) is 22.0. The van der Waals surface area contributed by atoms with Gasteiger partial charge in [-0.2, -0.15) is 5.26 Å². The van der Waals surface area contributed by atoms with Crippen LogP contribution in [-0.2, 0) is 0 Å². The fourth-order valence-corrected chi connectivity index (χ4v) is 15.7. The first-order valence-corrected chi connectivity index (χ1v) is 29.4. The molecule has 0 atom stereocenters. The van der Waals surface area contributed by atoms with Crippen LogP contribution < -0.4 is 0 Å². The van der Waals surface area contributed by atoms with E-state index in [9.17, 15) is 11.8 Å². The molecule has 0 fully saturated rings. The number of nitrogens with zero attached hydrogens (tertiary/aromatic N) is 6. The van der Waals surface area contributed by atoms with Gasteiger partial charge in [-0.1, -0.05) is 218 Å². The Morgan fingerprint density at radius 1 is 0.318 bits per heavy atom. The summed E-state index contributed by atoms with van der Waals surface area (Å²) in [6, 6.07) is 98.2. The van der Waals surface area contributed by atoms with Gasteiger partial charge in [-0.15, -0.1) is 11.3 Å². The molecule has 6 nitrogen and oxygen atoms in total. The van der Waals surface area contributed by atoms with Crippen LogP contribution in [0.1, 0.15) is 5.56 Å². The predicted octanol–water partition coefficient (Wildman–Crippen LogP) is 21.4. The molecule has 0 unspecified atom stereocenters. The van der Waals surface area contributed by atoms with Crippen molar-refractivity contribution in [1.29, 1.82) is 5.26 Å². The molecule has 0 saturated heterocycles. The number of nitriles is 1. The molecule has 0 bridgehead atoms. The normalized spacial score (nSPS) is 12.0. The molecular weight excluding hydrogens is 1050 g/mol. The van der Waals surface area contributed by atoms with Crippen molar-refractivity contribution in [3.63, 3.8) is 0 Å². The van der Waals surface area contributed by atoms with Crippen molar-refractivity contribution in [2.75, 3.05) is 0 Å². The van der Waals surface area contributed by atoms with Crippen molar-refractivity contribution in [2.24, 2.45) is 0 Å². The molecule has 13 aromatic carbocycles. The van der Waals surface area contributed by atoms with Gasteiger partial charge in [0, 0.05) is 58.6 Å². The van der Waals surface area contributed by atoms with Gasteiger partial charge < -0.3 is 18.3 Å². The Morgan fingerprint density at radius 2 is 0.718 bits per heavy atom. The smallest absolute Gasteiger partial charge is 0.237 e. The second-order valence-corrected chi connectivity index (χ2v) is 23.0. The molecule has 0 N–H and O–H groups in total. The summed E-state index contributed by atoms with van der Waals surface area (Å²) in [6.07, 6.45) is 0. The lowest BCUT2D eigenvalue weighted by Gasteiger charge is -2.27. The Labute approximate surface area is 490 Å². The number of fused-ring (bicyclic) bond motifs is 17. The topological polar surface area (TPSA) is 47.9 Å². The van der Waals surface area contributed by atoms with Gasteiger partial charge in [0.15, 0.2) is 0 Å². The lowest BCUT2D eigenvalue weighted by Crippen LogP contribution is -2.14. The van der Waals surface area contributed by atoms with Crippen LogP contribution in [-0.4, -0.2) is 18.3 Å². The van der Waals surface area contributed by atoms with Crippen molar-refractivity contribution in [3.8, 4) is 51.1 Å². The first kappa shape index (κ1) is 47.2. The summed E-state index contributed by atoms with van der Waals surface area (Å²) in [5.74, 6) is 0. The predicted molar refractivity (Wildman–Crippen MR) is 356 cm³/mol. The van der Waals surface area contributed by atoms with E-state index in [0.29, 0.717) is 28.3 Å². The van der Waals surface area contributed by atoms with Crippen molar-refractivity contribution >= 4 is 135 Å². The van der Waals surface area contributed by atoms with Crippen LogP contribution in [0, 0.1) is 17.9 Å². The molecule has 5 aromatic heterocycles. The molecule has 0 spiro atoms. The summed E-state index contributed by atoms with van der Waals surface area (Å²) < 4.78 is 11.6. The van der Waals surface area contributed by atoms with E-state index in [1.807, 2.05) is 0 Å². The molecule has 18 aromatic rings. The number of para-hydroxylation sites is 6. The molecule has 7 heteroatoms. The third-order valence-corrected chi connectivity index (χ3v) is 19.0. The van der Waals surface area contributed by atoms with Crippen LogP contribution in [0.15, 0.2) is 267 Å². The summed E-state index contributed by atoms with van der Waals surface area (Å²) >= 11 is 1.80. The largest absolute Gasteiger partial charge is 0.318 e. The number of hydrogen-bond acceptors (Lipinski definition) is 2. The average Bonchev–Trinajstić information content (AvgIpc) is 1.63. The molecule has 85 heavy (non-hydrogen) atoms. The van der Waals surface area contributed by atoms with Crippen molar-refractivity contribution < 1.29 is 0 Å². The van der Waals surface area contributed by atoms with Gasteiger partial charge in [-0.25, -0.2) is 4.85 Å². The summed E-state index contributed by atoms with van der Waals surface area (Å²) in [6.45, 7) is 9.98. The Bertz CT molecular complexity index is 5710. The minimum atomic E-state index is 0.352. The Morgan fingerprint density at radius 3 is 1.27 bits per heavy atom. The van der Waals surface area contributed by atoms with E-state index in [1.54, 1.807) is 11.3 Å². The molecule has 0 aliphatic heterocycles. The van der Waals surface area contributed by atoms with Gasteiger partial charge >= 0.3 is 0 Å². The van der Waals surface area contributed by atoms with E-state index in [1.165, 1.54) is 20.9 Å². The monoisotopic (exact) mass is 1100 g/mol. The van der Waals surface area contributed by atoms with E-state index >= 15 is 0 Å². The molecule has 18 rings (SSSR count). The molecule has 0 saturated carbocycles. The fourth-order valence-electron chi connectivity index (χ4n) is 14.4. The van der Waals surface area contributed by atoms with Crippen LogP contribution in [0.5, 0.6) is 0 Å². The number of benzene rings is 13. The third-order valence-electron chi connectivity index (χ3n) is 17.8. The van der Waals surface area contributed by atoms with Crippen molar-refractivity contribution in [3.05, 3.63) is 284 Å². The zero-order chi connectivity index (χ0) is 56.0. The van der Waals surface area contributed by atoms with Crippen molar-refractivity contribution in [1.82, 2.24) is 18.3 Å². The molecular formula is C78H44N6S. The van der Waals surface area contributed by atoms with E-state index in [2.05, 4.69) is 291 Å². The quantitative estimate of drug-likeness (QED) is 0.153. The maximum Gasteiger partial charge on any atom is 0.237 e. The maximum absolute atomic E-state index is 12.8. The number of rotatable bonds is 6. The highest BCUT2D eigenvalue weighted by Gasteiger charge is 2.35. The zero-order valence-electron chi connectivity index (χ0n) is 45.5. The van der Waals surface area contributed by atoms with Crippen LogP contribution in [0.4, 0.5) is 5.69 Å². The van der Waals surface area contributed by atoms with Crippen LogP contribution in [0.2, 0.25) is 0 Å². The molecule has 0 aliphatic rings. The fraction of sp³-hybridized carbons (Fsp3) is 0. The van der Waals surface area contributed by atoms with Gasteiger partial charge in [-0.05, 0) is 81.6 Å². The standard InChI is InChI=1S/C78H44N6S/c1-80-72-73(81-63-36-13-6-27-52(63)53-28-7-14-37-64(53)81)62(46-79)74(82-65-38-15-8-29-54(65)55-30-9-16-39-66(55)82)77(76(72)83-67-40-17-10-31-56(67)57-32-11-18-41-68(57)83)84-69-42-21-35-59(51-26-5-4-25-50(51)49-34-20-23-47-22-2-3-24-48(47)49)71(69)61-45-44-60-58-33-12-19-43-70(58)85-78(60)75(61)84/h2-45H. The number of hydrogen-bond donors (Lipinski definition) is 0. The van der Waals surface area contributed by atoms with E-state index in [-0.39, 0.29) is 0 Å². The number of aromatic nitrogens is 4. The highest BCUT2D eigenvalue weighted by atomic mass is 32.1. The first-order chi connectivity index (χ1) is 42.2. The van der Waals surface area contributed by atoms with E-state index in [4.69, 9.17) is 4.85 Å². The van der Waals surface area contributed by atoms with Crippen LogP contribution >= 0.6 is 11.3 Å². The van der Waals surface area contributed by atoms with Gasteiger partial charge in [0.05, 0.1) is 83.7 Å². The lowest BCUT2D eigenvalue weighted by molar-refractivity contribution is 1.03. The van der Waals surface area contributed by atoms with Gasteiger partial charge in [-0.3, -0.25) is 0 Å². The molecule has 0 amide bonds. The van der Waals surface area contributed by atoms with E-state index in [0.717, 1.165) is 125 Å². The lowest BCUT2D eigenvalue weighted by atomic mass is 9.89. The summed E-state index contributed by atoms with van der Waals surface area (Å²) in [5.41, 5.74) is 15.3. The Balaban J connectivity index is 1.14. The molecule has 392 valence electrons. The highest BCUT2D eigenvalue weighted by molar-refractivity contribution is 7.26. The summed E-state index contributed by atoms with van der Waals surface area (Å²) in [4.78, 5) is 4.87. The summed E-state index contributed by atoms with van der Waals surface area (Å²) in [5, 5.41) is 25.9. The summed E-state index contributed by atoms with van der Waals surface area (Å²) in [7, 11) is 0. The van der Waals surface area contributed by atoms with Crippen molar-refractivity contribution in [2.45, 2.75) is 0 Å². The minimum Gasteiger partial charge on any atom is -0.318 e. The van der Waals surface area contributed by atoms with Gasteiger partial charge in [0.1, 0.15) is 6.07 Å². The maximum atomic E-state index is 12.8. The highest BCUT2D eigenvalue weighted by Crippen LogP contribution is 2.54. The minimum absolute atomic E-state index is 0.352. The second kappa shape index (κ2) is 18.0.